The van der Waals surface area contributed by atoms with Gasteiger partial charge in [0, 0.05) is 36.8 Å². The first-order valence-electron chi connectivity index (χ1n) is 9.59. The Bertz CT molecular complexity index is 953. The molecule has 2 aromatic carbocycles. The molecule has 1 aliphatic rings. The molecule has 2 amide bonds. The van der Waals surface area contributed by atoms with Gasteiger partial charge in [0.1, 0.15) is 11.6 Å². The Morgan fingerprint density at radius 2 is 1.67 bits per heavy atom. The van der Waals surface area contributed by atoms with Crippen molar-refractivity contribution in [3.05, 3.63) is 53.3 Å². The summed E-state index contributed by atoms with van der Waals surface area (Å²) in [6.07, 6.45) is 0. The molecular weight excluding hydrogens is 391 g/mol. The number of methoxy groups -OCH3 is 2. The molecule has 7 nitrogen and oxygen atoms in total. The highest BCUT2D eigenvalue weighted by molar-refractivity contribution is 5.97. The lowest BCUT2D eigenvalue weighted by Gasteiger charge is -2.44. The van der Waals surface area contributed by atoms with Gasteiger partial charge in [-0.25, -0.2) is 4.39 Å². The number of piperazine rings is 1. The zero-order valence-corrected chi connectivity index (χ0v) is 17.4. The lowest BCUT2D eigenvalue weighted by molar-refractivity contribution is 0.0251. The highest BCUT2D eigenvalue weighted by Gasteiger charge is 2.36. The molecule has 1 saturated heterocycles. The Morgan fingerprint density at radius 1 is 1.00 bits per heavy atom. The van der Waals surface area contributed by atoms with E-state index in [0.717, 1.165) is 0 Å². The number of carbonyl (C=O) groups excluding carboxylic acids is 2. The van der Waals surface area contributed by atoms with Crippen LogP contribution in [0.4, 0.5) is 4.39 Å². The lowest BCUT2D eigenvalue weighted by atomic mass is 10.0. The van der Waals surface area contributed by atoms with Gasteiger partial charge in [-0.3, -0.25) is 9.59 Å². The number of hydrogen-bond acceptors (Lipinski definition) is 5. The summed E-state index contributed by atoms with van der Waals surface area (Å²) >= 11 is 0. The second-order valence-electron chi connectivity index (χ2n) is 7.35. The Balaban J connectivity index is 1.77. The normalized spacial score (nSPS) is 18.8. The van der Waals surface area contributed by atoms with Crippen LogP contribution < -0.4 is 9.47 Å². The molecule has 30 heavy (non-hydrogen) atoms. The van der Waals surface area contributed by atoms with E-state index in [2.05, 4.69) is 0 Å². The van der Waals surface area contributed by atoms with Crippen LogP contribution in [0.25, 0.3) is 0 Å². The first-order chi connectivity index (χ1) is 14.3. The second kappa shape index (κ2) is 8.61. The highest BCUT2D eigenvalue weighted by atomic mass is 19.1. The SMILES string of the molecule is COc1ccc(C(=O)N2[C@H](C)CN(C(=O)c3ccc(OC)c(O)c3)C[C@H]2C)c(F)c1. The van der Waals surface area contributed by atoms with Crippen LogP contribution in [0.15, 0.2) is 36.4 Å². The third-order valence-corrected chi connectivity index (χ3v) is 5.27. The van der Waals surface area contributed by atoms with Gasteiger partial charge in [-0.05, 0) is 44.2 Å². The quantitative estimate of drug-likeness (QED) is 0.829. The van der Waals surface area contributed by atoms with Crippen LogP contribution >= 0.6 is 0 Å². The van der Waals surface area contributed by atoms with E-state index in [0.29, 0.717) is 24.4 Å². The van der Waals surface area contributed by atoms with Crippen LogP contribution in [0.3, 0.4) is 0 Å². The topological polar surface area (TPSA) is 79.3 Å². The molecule has 0 saturated carbocycles. The molecule has 0 unspecified atom stereocenters. The van der Waals surface area contributed by atoms with Crippen LogP contribution in [-0.4, -0.2) is 66.1 Å². The number of amides is 2. The van der Waals surface area contributed by atoms with Gasteiger partial charge in [0.2, 0.25) is 0 Å². The molecule has 0 spiro atoms. The van der Waals surface area contributed by atoms with E-state index in [1.54, 1.807) is 21.9 Å². The minimum atomic E-state index is -0.647. The molecule has 1 aliphatic heterocycles. The van der Waals surface area contributed by atoms with Gasteiger partial charge >= 0.3 is 0 Å². The summed E-state index contributed by atoms with van der Waals surface area (Å²) < 4.78 is 24.4. The van der Waals surface area contributed by atoms with Gasteiger partial charge in [-0.1, -0.05) is 0 Å². The standard InChI is InChI=1S/C22H25FN2O5/c1-13-11-24(21(27)15-5-8-20(30-4)19(26)9-15)12-14(2)25(13)22(28)17-7-6-16(29-3)10-18(17)23/h5-10,13-14,26H,11-12H2,1-4H3/t13-,14-/m1/s1. The molecule has 1 fully saturated rings. The van der Waals surface area contributed by atoms with Crippen molar-refractivity contribution in [2.45, 2.75) is 25.9 Å². The monoisotopic (exact) mass is 416 g/mol. The average molecular weight is 416 g/mol. The molecule has 8 heteroatoms. The molecule has 2 atom stereocenters. The van der Waals surface area contributed by atoms with E-state index < -0.39 is 11.7 Å². The Labute approximate surface area is 174 Å². The Kier molecular flexibility index (Phi) is 6.14. The van der Waals surface area contributed by atoms with Gasteiger partial charge < -0.3 is 24.4 Å². The molecule has 0 radical (unpaired) electrons. The van der Waals surface area contributed by atoms with Crippen molar-refractivity contribution >= 4 is 11.8 Å². The van der Waals surface area contributed by atoms with Crippen molar-refractivity contribution in [2.24, 2.45) is 0 Å². The lowest BCUT2D eigenvalue weighted by Crippen LogP contribution is -2.59. The maximum Gasteiger partial charge on any atom is 0.257 e. The van der Waals surface area contributed by atoms with Crippen LogP contribution in [0, 0.1) is 5.82 Å². The summed E-state index contributed by atoms with van der Waals surface area (Å²) in [6, 6.07) is 7.97. The smallest absolute Gasteiger partial charge is 0.257 e. The van der Waals surface area contributed by atoms with E-state index in [9.17, 15) is 19.1 Å². The zero-order valence-electron chi connectivity index (χ0n) is 17.4. The van der Waals surface area contributed by atoms with Crippen molar-refractivity contribution in [3.8, 4) is 17.2 Å². The molecule has 160 valence electrons. The molecule has 3 rings (SSSR count). The molecule has 0 bridgehead atoms. The maximum atomic E-state index is 14.4. The largest absolute Gasteiger partial charge is 0.504 e. The number of hydrogen-bond donors (Lipinski definition) is 1. The number of benzene rings is 2. The number of carbonyl (C=O) groups is 2. The number of aromatic hydroxyl groups is 1. The van der Waals surface area contributed by atoms with Crippen LogP contribution in [0.2, 0.25) is 0 Å². The third-order valence-electron chi connectivity index (χ3n) is 5.27. The van der Waals surface area contributed by atoms with E-state index in [1.807, 2.05) is 13.8 Å². The molecular formula is C22H25FN2O5. The van der Waals surface area contributed by atoms with Crippen LogP contribution in [-0.2, 0) is 0 Å². The summed E-state index contributed by atoms with van der Waals surface area (Å²) in [5, 5.41) is 9.95. The van der Waals surface area contributed by atoms with E-state index in [4.69, 9.17) is 9.47 Å². The van der Waals surface area contributed by atoms with Crippen molar-refractivity contribution in [1.29, 1.82) is 0 Å². The predicted molar refractivity (Wildman–Crippen MR) is 109 cm³/mol. The van der Waals surface area contributed by atoms with E-state index in [-0.39, 0.29) is 35.1 Å². The minimum absolute atomic E-state index is 0.0330. The van der Waals surface area contributed by atoms with E-state index >= 15 is 0 Å². The molecule has 2 aromatic rings. The average Bonchev–Trinajstić information content (AvgIpc) is 2.72. The number of phenolic OH excluding ortho intramolecular Hbond substituents is 1. The summed E-state index contributed by atoms with van der Waals surface area (Å²) in [4.78, 5) is 29.1. The predicted octanol–water partition coefficient (Wildman–Crippen LogP) is 2.92. The van der Waals surface area contributed by atoms with Crippen LogP contribution in [0.5, 0.6) is 17.2 Å². The highest BCUT2D eigenvalue weighted by Crippen LogP contribution is 2.28. The van der Waals surface area contributed by atoms with Crippen molar-refractivity contribution < 1.29 is 28.6 Å². The molecule has 0 aliphatic carbocycles. The summed E-state index contributed by atoms with van der Waals surface area (Å²) in [7, 11) is 2.86. The molecule has 1 heterocycles. The number of phenols is 1. The number of nitrogens with zero attached hydrogens (tertiary/aromatic N) is 2. The van der Waals surface area contributed by atoms with E-state index in [1.165, 1.54) is 38.5 Å². The fourth-order valence-corrected chi connectivity index (χ4v) is 3.83. The number of ether oxygens (including phenoxy) is 2. The van der Waals surface area contributed by atoms with Gasteiger partial charge in [0.15, 0.2) is 11.5 Å². The second-order valence-corrected chi connectivity index (χ2v) is 7.35. The van der Waals surface area contributed by atoms with Gasteiger partial charge in [0.05, 0.1) is 19.8 Å². The van der Waals surface area contributed by atoms with Gasteiger partial charge in [-0.2, -0.15) is 0 Å². The van der Waals surface area contributed by atoms with Gasteiger partial charge in [0.25, 0.3) is 11.8 Å². The molecule has 1 N–H and O–H groups in total. The minimum Gasteiger partial charge on any atom is -0.504 e. The first kappa shape index (κ1) is 21.4. The molecule has 0 aromatic heterocycles. The summed E-state index contributed by atoms with van der Waals surface area (Å²) in [6.45, 7) is 4.22. The Morgan fingerprint density at radius 3 is 2.20 bits per heavy atom. The fraction of sp³-hybridized carbons (Fsp3) is 0.364. The van der Waals surface area contributed by atoms with Crippen molar-refractivity contribution in [3.63, 3.8) is 0 Å². The van der Waals surface area contributed by atoms with Crippen molar-refractivity contribution in [2.75, 3.05) is 27.3 Å². The number of halogens is 1. The zero-order chi connectivity index (χ0) is 22.0. The van der Waals surface area contributed by atoms with Crippen molar-refractivity contribution in [1.82, 2.24) is 9.80 Å². The maximum absolute atomic E-state index is 14.4. The van der Waals surface area contributed by atoms with Gasteiger partial charge in [-0.15, -0.1) is 0 Å². The first-order valence-corrected chi connectivity index (χ1v) is 9.59. The fourth-order valence-electron chi connectivity index (χ4n) is 3.83. The third kappa shape index (κ3) is 4.03. The Hall–Kier alpha value is -3.29. The number of rotatable bonds is 4. The summed E-state index contributed by atoms with van der Waals surface area (Å²) in [5.41, 5.74) is 0.294. The van der Waals surface area contributed by atoms with Crippen LogP contribution in [0.1, 0.15) is 34.6 Å². The summed E-state index contributed by atoms with van der Waals surface area (Å²) in [5.74, 6) is -0.827.